The molecule has 9 heteroatoms. The van der Waals surface area contributed by atoms with Gasteiger partial charge in [-0.05, 0) is 13.0 Å². The highest BCUT2D eigenvalue weighted by Crippen LogP contribution is 2.33. The molecule has 4 nitrogen and oxygen atoms in total. The van der Waals surface area contributed by atoms with Crippen molar-refractivity contribution >= 4 is 22.7 Å². The summed E-state index contributed by atoms with van der Waals surface area (Å²) in [6.07, 6.45) is -2.81. The maximum absolute atomic E-state index is 12.6. The smallest absolute Gasteiger partial charge is 0.252 e. The van der Waals surface area contributed by atoms with Crippen molar-refractivity contribution in [2.75, 3.05) is 0 Å². The van der Waals surface area contributed by atoms with Crippen LogP contribution in [0.15, 0.2) is 23.2 Å². The number of halogens is 3. The number of hydrogen-bond acceptors (Lipinski definition) is 6. The minimum Gasteiger partial charge on any atom is -0.252 e. The fraction of sp³-hybridized carbons (Fsp3) is 0.167. The first-order chi connectivity index (χ1) is 9.93. The third kappa shape index (κ3) is 2.93. The van der Waals surface area contributed by atoms with Gasteiger partial charge in [0.1, 0.15) is 0 Å². The molecule has 3 aromatic heterocycles. The number of thiazole rings is 2. The second-order valence-corrected chi connectivity index (χ2v) is 5.86. The summed E-state index contributed by atoms with van der Waals surface area (Å²) in [6.45, 7) is 1.76. The highest BCUT2D eigenvalue weighted by molar-refractivity contribution is 7.13. The predicted octanol–water partition coefficient (Wildman–Crippen LogP) is 4.05. The second-order valence-electron chi connectivity index (χ2n) is 4.12. The van der Waals surface area contributed by atoms with E-state index in [1.54, 1.807) is 24.7 Å². The molecule has 0 saturated heterocycles. The zero-order chi connectivity index (χ0) is 15.0. The van der Waals surface area contributed by atoms with Crippen LogP contribution in [0.4, 0.5) is 13.2 Å². The second kappa shape index (κ2) is 5.15. The molecule has 0 aromatic carbocycles. The highest BCUT2D eigenvalue weighted by Gasteiger charge is 2.34. The quantitative estimate of drug-likeness (QED) is 0.712. The van der Waals surface area contributed by atoms with Gasteiger partial charge in [-0.15, -0.1) is 22.7 Å². The van der Waals surface area contributed by atoms with Crippen LogP contribution in [0.1, 0.15) is 11.4 Å². The van der Waals surface area contributed by atoms with Crippen molar-refractivity contribution in [3.63, 3.8) is 0 Å². The molecular formula is C12H7F3N4S2. The summed E-state index contributed by atoms with van der Waals surface area (Å²) in [5.41, 5.74) is 2.03. The summed E-state index contributed by atoms with van der Waals surface area (Å²) < 4.78 is 37.8. The number of alkyl halides is 3. The Morgan fingerprint density at radius 2 is 1.90 bits per heavy atom. The Bertz CT molecular complexity index is 765. The first kappa shape index (κ1) is 14.1. The molecule has 3 aromatic rings. The Morgan fingerprint density at radius 3 is 2.52 bits per heavy atom. The van der Waals surface area contributed by atoms with Crippen LogP contribution in [0.25, 0.3) is 21.4 Å². The molecular weight excluding hydrogens is 321 g/mol. The number of aryl methyl sites for hydroxylation is 1. The summed E-state index contributed by atoms with van der Waals surface area (Å²) in [7, 11) is 0. The van der Waals surface area contributed by atoms with E-state index < -0.39 is 11.9 Å². The SMILES string of the molecule is Cc1cc(-c2cncs2)nc(-c2nc(C(F)(F)F)cs2)n1. The zero-order valence-electron chi connectivity index (χ0n) is 10.5. The first-order valence-electron chi connectivity index (χ1n) is 5.71. The highest BCUT2D eigenvalue weighted by atomic mass is 32.1. The monoisotopic (exact) mass is 328 g/mol. The minimum atomic E-state index is -4.46. The molecule has 108 valence electrons. The van der Waals surface area contributed by atoms with Crippen molar-refractivity contribution in [1.29, 1.82) is 0 Å². The van der Waals surface area contributed by atoms with Gasteiger partial charge in [-0.3, -0.25) is 4.98 Å². The fourth-order valence-corrected chi connectivity index (χ4v) is 2.98. The molecule has 0 unspecified atom stereocenters. The summed E-state index contributed by atoms with van der Waals surface area (Å²) in [6, 6.07) is 1.76. The summed E-state index contributed by atoms with van der Waals surface area (Å²) >= 11 is 2.28. The summed E-state index contributed by atoms with van der Waals surface area (Å²) in [5, 5.41) is 1.12. The van der Waals surface area contributed by atoms with E-state index in [1.807, 2.05) is 0 Å². The van der Waals surface area contributed by atoms with Crippen LogP contribution in [0.2, 0.25) is 0 Å². The van der Waals surface area contributed by atoms with Crippen molar-refractivity contribution in [1.82, 2.24) is 19.9 Å². The van der Waals surface area contributed by atoms with E-state index in [9.17, 15) is 13.2 Å². The van der Waals surface area contributed by atoms with Gasteiger partial charge in [0.25, 0.3) is 0 Å². The molecule has 0 aliphatic carbocycles. The lowest BCUT2D eigenvalue weighted by Gasteiger charge is -2.02. The Hall–Kier alpha value is -1.87. The van der Waals surface area contributed by atoms with Crippen molar-refractivity contribution in [3.8, 4) is 21.4 Å². The number of hydrogen-bond donors (Lipinski definition) is 0. The predicted molar refractivity (Wildman–Crippen MR) is 74.0 cm³/mol. The van der Waals surface area contributed by atoms with E-state index in [0.717, 1.165) is 21.6 Å². The van der Waals surface area contributed by atoms with Crippen LogP contribution in [0.5, 0.6) is 0 Å². The Kier molecular flexibility index (Phi) is 3.46. The zero-order valence-corrected chi connectivity index (χ0v) is 12.2. The van der Waals surface area contributed by atoms with Crippen molar-refractivity contribution in [2.24, 2.45) is 0 Å². The molecule has 0 atom stereocenters. The lowest BCUT2D eigenvalue weighted by atomic mass is 10.3. The third-order valence-corrected chi connectivity index (χ3v) is 4.16. The average molecular weight is 328 g/mol. The van der Waals surface area contributed by atoms with Crippen LogP contribution in [-0.2, 0) is 6.18 Å². The van der Waals surface area contributed by atoms with E-state index in [0.29, 0.717) is 11.4 Å². The van der Waals surface area contributed by atoms with Crippen LogP contribution in [0, 0.1) is 6.92 Å². The molecule has 0 spiro atoms. The average Bonchev–Trinajstić information content (AvgIpc) is 3.09. The molecule has 0 fully saturated rings. The van der Waals surface area contributed by atoms with Crippen molar-refractivity contribution in [2.45, 2.75) is 13.1 Å². The molecule has 0 bridgehead atoms. The molecule has 0 saturated carbocycles. The molecule has 0 radical (unpaired) electrons. The first-order valence-corrected chi connectivity index (χ1v) is 7.47. The Morgan fingerprint density at radius 1 is 1.10 bits per heavy atom. The van der Waals surface area contributed by atoms with E-state index in [-0.39, 0.29) is 10.8 Å². The summed E-state index contributed by atoms with van der Waals surface area (Å²) in [4.78, 5) is 16.8. The number of nitrogens with zero attached hydrogens (tertiary/aromatic N) is 4. The number of aromatic nitrogens is 4. The number of rotatable bonds is 2. The van der Waals surface area contributed by atoms with Crippen molar-refractivity contribution in [3.05, 3.63) is 34.5 Å². The van der Waals surface area contributed by atoms with E-state index in [1.165, 1.54) is 11.3 Å². The van der Waals surface area contributed by atoms with Gasteiger partial charge < -0.3 is 0 Å². The lowest BCUT2D eigenvalue weighted by molar-refractivity contribution is -0.140. The van der Waals surface area contributed by atoms with Crippen LogP contribution in [-0.4, -0.2) is 19.9 Å². The van der Waals surface area contributed by atoms with Crippen molar-refractivity contribution < 1.29 is 13.2 Å². The Labute approximate surface area is 125 Å². The molecule has 0 aliphatic rings. The van der Waals surface area contributed by atoms with Crippen LogP contribution < -0.4 is 0 Å². The molecule has 3 rings (SSSR count). The van der Waals surface area contributed by atoms with E-state index in [2.05, 4.69) is 19.9 Å². The summed E-state index contributed by atoms with van der Waals surface area (Å²) in [5.74, 6) is 0.193. The van der Waals surface area contributed by atoms with Gasteiger partial charge in [-0.1, -0.05) is 0 Å². The fourth-order valence-electron chi connectivity index (χ4n) is 1.64. The lowest BCUT2D eigenvalue weighted by Crippen LogP contribution is -2.05. The van der Waals surface area contributed by atoms with Crippen LogP contribution >= 0.6 is 22.7 Å². The van der Waals surface area contributed by atoms with Gasteiger partial charge in [0.2, 0.25) is 0 Å². The Balaban J connectivity index is 2.05. The topological polar surface area (TPSA) is 51.6 Å². The molecule has 0 aliphatic heterocycles. The van der Waals surface area contributed by atoms with Gasteiger partial charge in [-0.25, -0.2) is 15.0 Å². The van der Waals surface area contributed by atoms with E-state index in [4.69, 9.17) is 0 Å². The minimum absolute atomic E-state index is 0.150. The van der Waals surface area contributed by atoms with Gasteiger partial charge in [-0.2, -0.15) is 13.2 Å². The maximum atomic E-state index is 12.6. The maximum Gasteiger partial charge on any atom is 0.434 e. The van der Waals surface area contributed by atoms with Gasteiger partial charge in [0.15, 0.2) is 16.5 Å². The molecule has 21 heavy (non-hydrogen) atoms. The standard InChI is InChI=1S/C12H7F3N4S2/c1-6-2-7(8-3-16-5-21-8)18-10(17-6)11-19-9(4-20-11)12(13,14)15/h2-5H,1H3. The van der Waals surface area contributed by atoms with Crippen LogP contribution in [0.3, 0.4) is 0 Å². The van der Waals surface area contributed by atoms with Gasteiger partial charge in [0, 0.05) is 17.3 Å². The normalized spacial score (nSPS) is 11.8. The largest absolute Gasteiger partial charge is 0.434 e. The molecule has 0 N–H and O–H groups in total. The van der Waals surface area contributed by atoms with E-state index >= 15 is 0 Å². The third-order valence-electron chi connectivity index (χ3n) is 2.52. The molecule has 3 heterocycles. The van der Waals surface area contributed by atoms with Gasteiger partial charge >= 0.3 is 6.18 Å². The molecule has 0 amide bonds. The van der Waals surface area contributed by atoms with Gasteiger partial charge in [0.05, 0.1) is 16.1 Å².